The summed E-state index contributed by atoms with van der Waals surface area (Å²) in [6.07, 6.45) is 5.35. The van der Waals surface area contributed by atoms with Crippen LogP contribution in [0.3, 0.4) is 0 Å². The van der Waals surface area contributed by atoms with Crippen molar-refractivity contribution >= 4 is 33.5 Å². The number of aromatic nitrogens is 2. The Hall–Kier alpha value is -2.83. The van der Waals surface area contributed by atoms with Gasteiger partial charge >= 0.3 is 0 Å². The third kappa shape index (κ3) is 4.35. The van der Waals surface area contributed by atoms with Crippen LogP contribution in [0, 0.1) is 0 Å². The molecule has 0 unspecified atom stereocenters. The van der Waals surface area contributed by atoms with Crippen LogP contribution in [0.4, 0.5) is 0 Å². The van der Waals surface area contributed by atoms with Crippen molar-refractivity contribution in [2.45, 2.75) is 6.54 Å². The van der Waals surface area contributed by atoms with Gasteiger partial charge in [0.15, 0.2) is 0 Å². The van der Waals surface area contributed by atoms with Crippen LogP contribution < -0.4 is 4.80 Å². The molecule has 0 atom stereocenters. The molecule has 2 aromatic carbocycles. The molecule has 0 aliphatic carbocycles. The van der Waals surface area contributed by atoms with E-state index in [4.69, 9.17) is 10.1 Å². The molecule has 0 bridgehead atoms. The molecule has 0 N–H and O–H groups in total. The van der Waals surface area contributed by atoms with E-state index in [1.165, 1.54) is 5.56 Å². The molecule has 0 spiro atoms. The van der Waals surface area contributed by atoms with Crippen molar-refractivity contribution in [2.75, 3.05) is 0 Å². The second-order valence-corrected chi connectivity index (χ2v) is 7.72. The average molecular weight is 449 g/mol. The molecule has 4 nitrogen and oxygen atoms in total. The summed E-state index contributed by atoms with van der Waals surface area (Å²) in [6.45, 7) is 0.610. The van der Waals surface area contributed by atoms with Crippen LogP contribution in [-0.2, 0) is 6.54 Å². The Morgan fingerprint density at radius 3 is 2.61 bits per heavy atom. The van der Waals surface area contributed by atoms with Crippen LogP contribution in [0.25, 0.3) is 11.3 Å². The quantitative estimate of drug-likeness (QED) is 0.379. The normalized spacial score (nSPS) is 12.0. The minimum Gasteiger partial charge on any atom is -0.264 e. The average Bonchev–Trinajstić information content (AvgIpc) is 3.15. The molecule has 4 aromatic rings. The van der Waals surface area contributed by atoms with Gasteiger partial charge in [-0.25, -0.2) is 4.68 Å². The van der Waals surface area contributed by atoms with Gasteiger partial charge in [0, 0.05) is 33.4 Å². The highest BCUT2D eigenvalue weighted by Gasteiger charge is 2.10. The fourth-order valence-electron chi connectivity index (χ4n) is 2.69. The SMILES string of the molecule is Brc1ccccc1-c1csc(=NCc2ccccc2)n1N=Cc1cccnc1. The molecule has 0 radical (unpaired) electrons. The van der Waals surface area contributed by atoms with Gasteiger partial charge in [-0.15, -0.1) is 11.3 Å². The molecule has 4 rings (SSSR count). The first kappa shape index (κ1) is 18.5. The van der Waals surface area contributed by atoms with Crippen LogP contribution in [0.5, 0.6) is 0 Å². The Labute approximate surface area is 175 Å². The Balaban J connectivity index is 1.78. The van der Waals surface area contributed by atoms with Crippen molar-refractivity contribution in [3.05, 3.63) is 105 Å². The molecule has 0 saturated carbocycles. The van der Waals surface area contributed by atoms with E-state index in [1.807, 2.05) is 59.4 Å². The standard InChI is InChI=1S/C22H17BrN4S/c23-20-11-5-4-10-19(20)21-16-28-22(25-14-17-7-2-1-3-8-17)27(21)26-15-18-9-6-12-24-13-18/h1-13,15-16H,14H2. The number of thiazole rings is 1. The van der Waals surface area contributed by atoms with Gasteiger partial charge in [0.1, 0.15) is 0 Å². The van der Waals surface area contributed by atoms with Crippen molar-refractivity contribution in [1.29, 1.82) is 0 Å². The molecule has 6 heteroatoms. The first-order chi connectivity index (χ1) is 13.8. The Bertz CT molecular complexity index is 1150. The largest absolute Gasteiger partial charge is 0.264 e. The fraction of sp³-hybridized carbons (Fsp3) is 0.0455. The van der Waals surface area contributed by atoms with E-state index >= 15 is 0 Å². The Kier molecular flexibility index (Phi) is 5.89. The molecule has 0 aliphatic rings. The van der Waals surface area contributed by atoms with E-state index in [-0.39, 0.29) is 0 Å². The summed E-state index contributed by atoms with van der Waals surface area (Å²) in [5.74, 6) is 0. The highest BCUT2D eigenvalue weighted by Crippen LogP contribution is 2.28. The summed E-state index contributed by atoms with van der Waals surface area (Å²) >= 11 is 5.23. The molecule has 2 heterocycles. The lowest BCUT2D eigenvalue weighted by molar-refractivity contribution is 0.824. The number of hydrogen-bond acceptors (Lipinski definition) is 4. The maximum absolute atomic E-state index is 4.80. The van der Waals surface area contributed by atoms with Crippen molar-refractivity contribution < 1.29 is 0 Å². The highest BCUT2D eigenvalue weighted by molar-refractivity contribution is 9.10. The van der Waals surface area contributed by atoms with Gasteiger partial charge in [0.2, 0.25) is 4.80 Å². The summed E-state index contributed by atoms with van der Waals surface area (Å²) in [4.78, 5) is 9.79. The van der Waals surface area contributed by atoms with E-state index < -0.39 is 0 Å². The zero-order valence-corrected chi connectivity index (χ0v) is 17.3. The minimum absolute atomic E-state index is 0.610. The molecule has 28 heavy (non-hydrogen) atoms. The van der Waals surface area contributed by atoms with Crippen molar-refractivity contribution in [3.8, 4) is 11.3 Å². The van der Waals surface area contributed by atoms with Gasteiger partial charge in [-0.3, -0.25) is 9.98 Å². The summed E-state index contributed by atoms with van der Waals surface area (Å²) in [5.41, 5.74) is 4.17. The van der Waals surface area contributed by atoms with Crippen LogP contribution in [0.2, 0.25) is 0 Å². The van der Waals surface area contributed by atoms with Crippen LogP contribution in [0.15, 0.2) is 99.1 Å². The lowest BCUT2D eigenvalue weighted by Gasteiger charge is -2.05. The highest BCUT2D eigenvalue weighted by atomic mass is 79.9. The molecule has 2 aromatic heterocycles. The maximum atomic E-state index is 4.80. The van der Waals surface area contributed by atoms with Crippen LogP contribution in [0.1, 0.15) is 11.1 Å². The first-order valence-electron chi connectivity index (χ1n) is 8.75. The smallest absolute Gasteiger partial charge is 0.206 e. The zero-order chi connectivity index (χ0) is 19.2. The summed E-state index contributed by atoms with van der Waals surface area (Å²) < 4.78 is 2.91. The molecular formula is C22H17BrN4S. The van der Waals surface area contributed by atoms with Gasteiger partial charge < -0.3 is 0 Å². The van der Waals surface area contributed by atoms with Gasteiger partial charge in [-0.1, -0.05) is 70.5 Å². The first-order valence-corrected chi connectivity index (χ1v) is 10.4. The second-order valence-electron chi connectivity index (χ2n) is 6.03. The van der Waals surface area contributed by atoms with Crippen molar-refractivity contribution in [2.24, 2.45) is 10.1 Å². The van der Waals surface area contributed by atoms with E-state index in [1.54, 1.807) is 23.7 Å². The number of pyridine rings is 1. The number of nitrogens with zero attached hydrogens (tertiary/aromatic N) is 4. The summed E-state index contributed by atoms with van der Waals surface area (Å²) in [7, 11) is 0. The molecule has 0 amide bonds. The molecule has 0 aliphatic heterocycles. The Morgan fingerprint density at radius 2 is 1.82 bits per heavy atom. The molecule has 0 saturated heterocycles. The predicted molar refractivity (Wildman–Crippen MR) is 118 cm³/mol. The third-order valence-corrected chi connectivity index (χ3v) is 5.63. The van der Waals surface area contributed by atoms with E-state index in [0.29, 0.717) is 6.54 Å². The summed E-state index contributed by atoms with van der Waals surface area (Å²) in [5, 5.41) is 6.80. The topological polar surface area (TPSA) is 42.5 Å². The fourth-order valence-corrected chi connectivity index (χ4v) is 4.01. The molecular weight excluding hydrogens is 432 g/mol. The summed E-state index contributed by atoms with van der Waals surface area (Å²) in [6, 6.07) is 22.2. The van der Waals surface area contributed by atoms with Gasteiger partial charge in [0.25, 0.3) is 0 Å². The van der Waals surface area contributed by atoms with Crippen molar-refractivity contribution in [3.63, 3.8) is 0 Å². The minimum atomic E-state index is 0.610. The van der Waals surface area contributed by atoms with Crippen LogP contribution in [-0.4, -0.2) is 15.9 Å². The number of halogens is 1. The van der Waals surface area contributed by atoms with E-state index in [2.05, 4.69) is 44.5 Å². The van der Waals surface area contributed by atoms with Crippen molar-refractivity contribution in [1.82, 2.24) is 9.66 Å². The number of rotatable bonds is 5. The monoisotopic (exact) mass is 448 g/mol. The predicted octanol–water partition coefficient (Wildman–Crippen LogP) is 5.36. The molecule has 0 fully saturated rings. The lowest BCUT2D eigenvalue weighted by Crippen LogP contribution is -2.12. The molecule has 138 valence electrons. The lowest BCUT2D eigenvalue weighted by atomic mass is 10.2. The number of hydrogen-bond donors (Lipinski definition) is 0. The van der Waals surface area contributed by atoms with E-state index in [9.17, 15) is 0 Å². The van der Waals surface area contributed by atoms with E-state index in [0.717, 1.165) is 26.1 Å². The van der Waals surface area contributed by atoms with Gasteiger partial charge in [-0.2, -0.15) is 5.10 Å². The van der Waals surface area contributed by atoms with Gasteiger partial charge in [0.05, 0.1) is 18.5 Å². The zero-order valence-electron chi connectivity index (χ0n) is 14.9. The van der Waals surface area contributed by atoms with Gasteiger partial charge in [-0.05, 0) is 17.7 Å². The second kappa shape index (κ2) is 8.91. The maximum Gasteiger partial charge on any atom is 0.206 e. The number of benzene rings is 2. The third-order valence-electron chi connectivity index (χ3n) is 4.08. The Morgan fingerprint density at radius 1 is 1.00 bits per heavy atom. The van der Waals surface area contributed by atoms with Crippen LogP contribution >= 0.6 is 27.3 Å².